The lowest BCUT2D eigenvalue weighted by atomic mass is 9.77. The first kappa shape index (κ1) is 14.5. The second kappa shape index (κ2) is 5.62. The molecule has 0 unspecified atom stereocenters. The quantitative estimate of drug-likeness (QED) is 0.726. The number of carbonyl (C=O) groups is 2. The first-order valence-corrected chi connectivity index (χ1v) is 6.68. The zero-order chi connectivity index (χ0) is 14.8. The fourth-order valence-electron chi connectivity index (χ4n) is 2.05. The molecule has 1 aromatic rings. The van der Waals surface area contributed by atoms with Gasteiger partial charge in [0.2, 0.25) is 11.8 Å². The highest BCUT2D eigenvalue weighted by Crippen LogP contribution is 2.31. The molecule has 0 saturated heterocycles. The summed E-state index contributed by atoms with van der Waals surface area (Å²) in [6.07, 6.45) is 1.96. The molecule has 20 heavy (non-hydrogen) atoms. The van der Waals surface area contributed by atoms with Crippen molar-refractivity contribution in [2.75, 3.05) is 11.9 Å². The molecular formula is C13H19N3O4. The third-order valence-electron chi connectivity index (χ3n) is 3.59. The van der Waals surface area contributed by atoms with Crippen LogP contribution in [0.15, 0.2) is 10.6 Å². The normalized spacial score (nSPS) is 16.8. The fourth-order valence-corrected chi connectivity index (χ4v) is 2.05. The van der Waals surface area contributed by atoms with Crippen LogP contribution in [-0.4, -0.2) is 34.2 Å². The smallest absolute Gasteiger partial charge is 0.323 e. The van der Waals surface area contributed by atoms with Gasteiger partial charge in [0.05, 0.1) is 12.2 Å². The Labute approximate surface area is 116 Å². The Morgan fingerprint density at radius 3 is 2.65 bits per heavy atom. The standard InChI is InChI=1S/C13H19N3O4/c1-8(2)9-6-11(20-16-9)15-10(17)7-14-13(12(18)19)4-3-5-13/h6,8,14H,3-5,7H2,1-2H3,(H,15,17)(H,18,19). The van der Waals surface area contributed by atoms with E-state index in [1.54, 1.807) is 6.07 Å². The molecule has 7 nitrogen and oxygen atoms in total. The fraction of sp³-hybridized carbons (Fsp3) is 0.615. The summed E-state index contributed by atoms with van der Waals surface area (Å²) in [5.74, 6) is -0.756. The summed E-state index contributed by atoms with van der Waals surface area (Å²) >= 11 is 0. The molecule has 0 aromatic carbocycles. The number of hydrogen-bond acceptors (Lipinski definition) is 5. The maximum atomic E-state index is 11.7. The third-order valence-corrected chi connectivity index (χ3v) is 3.59. The summed E-state index contributed by atoms with van der Waals surface area (Å²) in [6.45, 7) is 3.88. The number of aliphatic carboxylic acids is 1. The van der Waals surface area contributed by atoms with Gasteiger partial charge in [-0.15, -0.1) is 0 Å². The maximum Gasteiger partial charge on any atom is 0.323 e. The van der Waals surface area contributed by atoms with Gasteiger partial charge >= 0.3 is 5.97 Å². The SMILES string of the molecule is CC(C)c1cc(NC(=O)CNC2(C(=O)O)CCC2)on1. The number of aromatic nitrogens is 1. The van der Waals surface area contributed by atoms with Crippen LogP contribution in [0, 0.1) is 0 Å². The first-order chi connectivity index (χ1) is 9.43. The molecule has 1 aliphatic carbocycles. The Morgan fingerprint density at radius 2 is 2.20 bits per heavy atom. The van der Waals surface area contributed by atoms with Crippen molar-refractivity contribution in [3.63, 3.8) is 0 Å². The minimum absolute atomic E-state index is 0.0655. The van der Waals surface area contributed by atoms with Gasteiger partial charge in [-0.2, -0.15) is 0 Å². The highest BCUT2D eigenvalue weighted by Gasteiger charge is 2.44. The highest BCUT2D eigenvalue weighted by molar-refractivity contribution is 5.91. The highest BCUT2D eigenvalue weighted by atomic mass is 16.5. The van der Waals surface area contributed by atoms with Gasteiger partial charge in [-0.3, -0.25) is 20.2 Å². The van der Waals surface area contributed by atoms with Crippen LogP contribution in [0.3, 0.4) is 0 Å². The van der Waals surface area contributed by atoms with E-state index in [0.717, 1.165) is 12.1 Å². The Kier molecular flexibility index (Phi) is 4.08. The van der Waals surface area contributed by atoms with Gasteiger partial charge in [-0.05, 0) is 25.2 Å². The molecule has 0 aliphatic heterocycles. The second-order valence-corrected chi connectivity index (χ2v) is 5.41. The third kappa shape index (κ3) is 2.98. The van der Waals surface area contributed by atoms with Crippen molar-refractivity contribution in [1.82, 2.24) is 10.5 Å². The molecule has 3 N–H and O–H groups in total. The Morgan fingerprint density at radius 1 is 1.50 bits per heavy atom. The number of nitrogens with zero attached hydrogens (tertiary/aromatic N) is 1. The summed E-state index contributed by atoms with van der Waals surface area (Å²) in [5.41, 5.74) is -0.184. The molecule has 0 bridgehead atoms. The molecule has 0 spiro atoms. The summed E-state index contributed by atoms with van der Waals surface area (Å²) in [6, 6.07) is 1.67. The van der Waals surface area contributed by atoms with Gasteiger partial charge in [0.15, 0.2) is 0 Å². The van der Waals surface area contributed by atoms with E-state index in [1.807, 2.05) is 13.8 Å². The van der Waals surface area contributed by atoms with Gasteiger partial charge in [0.1, 0.15) is 5.54 Å². The number of carboxylic acid groups (broad SMARTS) is 1. The maximum absolute atomic E-state index is 11.7. The van der Waals surface area contributed by atoms with Crippen molar-refractivity contribution >= 4 is 17.8 Å². The summed E-state index contributed by atoms with van der Waals surface area (Å²) in [7, 11) is 0. The number of nitrogens with one attached hydrogen (secondary N) is 2. The molecule has 110 valence electrons. The number of hydrogen-bond donors (Lipinski definition) is 3. The summed E-state index contributed by atoms with van der Waals surface area (Å²) in [5, 5.41) is 18.3. The topological polar surface area (TPSA) is 104 Å². The van der Waals surface area contributed by atoms with Crippen molar-refractivity contribution in [1.29, 1.82) is 0 Å². The van der Waals surface area contributed by atoms with E-state index in [2.05, 4.69) is 15.8 Å². The number of rotatable bonds is 6. The van der Waals surface area contributed by atoms with Crippen molar-refractivity contribution < 1.29 is 19.2 Å². The van der Waals surface area contributed by atoms with Crippen LogP contribution in [0.2, 0.25) is 0 Å². The van der Waals surface area contributed by atoms with E-state index in [9.17, 15) is 9.59 Å². The number of anilines is 1. The molecular weight excluding hydrogens is 262 g/mol. The van der Waals surface area contributed by atoms with Gasteiger partial charge in [-0.1, -0.05) is 19.0 Å². The summed E-state index contributed by atoms with van der Waals surface area (Å²) in [4.78, 5) is 22.9. The Bertz CT molecular complexity index is 505. The van der Waals surface area contributed by atoms with E-state index in [-0.39, 0.29) is 24.3 Å². The predicted octanol–water partition coefficient (Wildman–Crippen LogP) is 1.33. The molecule has 2 rings (SSSR count). The van der Waals surface area contributed by atoms with Crippen molar-refractivity contribution in [3.05, 3.63) is 11.8 Å². The Balaban J connectivity index is 1.84. The number of carboxylic acids is 1. The molecule has 7 heteroatoms. The monoisotopic (exact) mass is 281 g/mol. The lowest BCUT2D eigenvalue weighted by Crippen LogP contribution is -2.58. The lowest BCUT2D eigenvalue weighted by Gasteiger charge is -2.38. The minimum atomic E-state index is -0.943. The van der Waals surface area contributed by atoms with Crippen LogP contribution in [0.4, 0.5) is 5.88 Å². The van der Waals surface area contributed by atoms with Crippen molar-refractivity contribution in [2.45, 2.75) is 44.6 Å². The molecule has 1 amide bonds. The molecule has 1 aliphatic rings. The first-order valence-electron chi connectivity index (χ1n) is 6.68. The molecule has 0 radical (unpaired) electrons. The van der Waals surface area contributed by atoms with Crippen LogP contribution in [-0.2, 0) is 9.59 Å². The van der Waals surface area contributed by atoms with Crippen LogP contribution in [0.25, 0.3) is 0 Å². The van der Waals surface area contributed by atoms with E-state index < -0.39 is 11.5 Å². The van der Waals surface area contributed by atoms with Gasteiger partial charge < -0.3 is 9.63 Å². The largest absolute Gasteiger partial charge is 0.480 e. The molecule has 1 heterocycles. The summed E-state index contributed by atoms with van der Waals surface area (Å²) < 4.78 is 4.99. The lowest BCUT2D eigenvalue weighted by molar-refractivity contribution is -0.148. The van der Waals surface area contributed by atoms with Crippen LogP contribution >= 0.6 is 0 Å². The molecule has 1 aromatic heterocycles. The van der Waals surface area contributed by atoms with Gasteiger partial charge in [0.25, 0.3) is 0 Å². The van der Waals surface area contributed by atoms with E-state index in [0.29, 0.717) is 12.8 Å². The van der Waals surface area contributed by atoms with Crippen LogP contribution in [0.1, 0.15) is 44.7 Å². The van der Waals surface area contributed by atoms with E-state index in [1.165, 1.54) is 0 Å². The van der Waals surface area contributed by atoms with Gasteiger partial charge in [0, 0.05) is 6.07 Å². The minimum Gasteiger partial charge on any atom is -0.480 e. The van der Waals surface area contributed by atoms with E-state index in [4.69, 9.17) is 9.63 Å². The molecule has 0 atom stereocenters. The van der Waals surface area contributed by atoms with Crippen LogP contribution < -0.4 is 10.6 Å². The number of amides is 1. The second-order valence-electron chi connectivity index (χ2n) is 5.41. The number of carbonyl (C=O) groups excluding carboxylic acids is 1. The van der Waals surface area contributed by atoms with Gasteiger partial charge in [-0.25, -0.2) is 0 Å². The van der Waals surface area contributed by atoms with E-state index >= 15 is 0 Å². The predicted molar refractivity (Wildman–Crippen MR) is 71.4 cm³/mol. The average Bonchev–Trinajstić information content (AvgIpc) is 2.75. The zero-order valence-corrected chi connectivity index (χ0v) is 11.6. The van der Waals surface area contributed by atoms with Crippen molar-refractivity contribution in [3.8, 4) is 0 Å². The average molecular weight is 281 g/mol. The zero-order valence-electron chi connectivity index (χ0n) is 11.6. The van der Waals surface area contributed by atoms with Crippen molar-refractivity contribution in [2.24, 2.45) is 0 Å². The molecule has 1 fully saturated rings. The molecule has 1 saturated carbocycles. The Hall–Kier alpha value is -1.89. The van der Waals surface area contributed by atoms with Crippen LogP contribution in [0.5, 0.6) is 0 Å².